The monoisotopic (exact) mass is 404 g/mol. The van der Waals surface area contributed by atoms with Gasteiger partial charge in [0.05, 0.1) is 9.82 Å². The standard InChI is InChI=1S/C19H20N2O6S/c1-14-4-10-17(11-5-14)28(25,26)20-12-2-3-18(20)19(22)27-13-15-6-8-16(9-7-15)21(23)24/h4-11,18H,2-3,12-13H2,1H3/t18-/m0/s1. The maximum atomic E-state index is 12.9. The van der Waals surface area contributed by atoms with Crippen LogP contribution in [-0.4, -0.2) is 36.2 Å². The van der Waals surface area contributed by atoms with Crippen LogP contribution in [0.3, 0.4) is 0 Å². The molecule has 0 N–H and O–H groups in total. The van der Waals surface area contributed by atoms with Crippen molar-refractivity contribution in [3.05, 3.63) is 69.8 Å². The number of carbonyl (C=O) groups excluding carboxylic acids is 1. The van der Waals surface area contributed by atoms with E-state index in [-0.39, 0.29) is 23.7 Å². The van der Waals surface area contributed by atoms with Gasteiger partial charge >= 0.3 is 5.97 Å². The summed E-state index contributed by atoms with van der Waals surface area (Å²) in [5.41, 5.74) is 1.48. The number of nitro groups is 1. The maximum absolute atomic E-state index is 12.9. The second-order valence-electron chi connectivity index (χ2n) is 6.62. The minimum atomic E-state index is -3.79. The van der Waals surface area contributed by atoms with Crippen LogP contribution in [-0.2, 0) is 26.2 Å². The molecule has 9 heteroatoms. The zero-order valence-electron chi connectivity index (χ0n) is 15.3. The van der Waals surface area contributed by atoms with Gasteiger partial charge in [0, 0.05) is 18.7 Å². The summed E-state index contributed by atoms with van der Waals surface area (Å²) in [5.74, 6) is -0.619. The van der Waals surface area contributed by atoms with Crippen molar-refractivity contribution in [3.63, 3.8) is 0 Å². The molecule has 1 saturated heterocycles. The van der Waals surface area contributed by atoms with Crippen molar-refractivity contribution in [2.45, 2.75) is 37.3 Å². The van der Waals surface area contributed by atoms with Gasteiger partial charge in [0.2, 0.25) is 10.0 Å². The molecule has 0 amide bonds. The number of aryl methyl sites for hydroxylation is 1. The van der Waals surface area contributed by atoms with E-state index in [9.17, 15) is 23.3 Å². The fraction of sp³-hybridized carbons (Fsp3) is 0.316. The zero-order chi connectivity index (χ0) is 20.3. The molecule has 0 unspecified atom stereocenters. The second-order valence-corrected chi connectivity index (χ2v) is 8.51. The fourth-order valence-corrected chi connectivity index (χ4v) is 4.72. The van der Waals surface area contributed by atoms with Gasteiger partial charge in [0.25, 0.3) is 5.69 Å². The van der Waals surface area contributed by atoms with Gasteiger partial charge in [-0.2, -0.15) is 4.31 Å². The van der Waals surface area contributed by atoms with Crippen LogP contribution in [0.4, 0.5) is 5.69 Å². The molecule has 1 aliphatic heterocycles. The molecule has 28 heavy (non-hydrogen) atoms. The minimum Gasteiger partial charge on any atom is -0.460 e. The Kier molecular flexibility index (Phi) is 5.76. The Hall–Kier alpha value is -2.78. The highest BCUT2D eigenvalue weighted by atomic mass is 32.2. The van der Waals surface area contributed by atoms with Crippen molar-refractivity contribution in [1.29, 1.82) is 0 Å². The third-order valence-electron chi connectivity index (χ3n) is 4.63. The van der Waals surface area contributed by atoms with E-state index in [2.05, 4.69) is 0 Å². The summed E-state index contributed by atoms with van der Waals surface area (Å²) in [6.07, 6.45) is 0.965. The number of ether oxygens (including phenoxy) is 1. The molecule has 1 aliphatic rings. The Morgan fingerprint density at radius 2 is 1.82 bits per heavy atom. The fourth-order valence-electron chi connectivity index (χ4n) is 3.07. The van der Waals surface area contributed by atoms with E-state index in [0.717, 1.165) is 5.56 Å². The lowest BCUT2D eigenvalue weighted by Crippen LogP contribution is -2.41. The van der Waals surface area contributed by atoms with E-state index in [1.165, 1.54) is 40.7 Å². The van der Waals surface area contributed by atoms with E-state index < -0.39 is 27.0 Å². The molecule has 2 aromatic carbocycles. The molecule has 0 saturated carbocycles. The van der Waals surface area contributed by atoms with Gasteiger partial charge in [0.1, 0.15) is 12.6 Å². The number of hydrogen-bond donors (Lipinski definition) is 0. The van der Waals surface area contributed by atoms with Crippen LogP contribution >= 0.6 is 0 Å². The molecule has 0 aromatic heterocycles. The molecule has 148 valence electrons. The Balaban J connectivity index is 1.69. The number of hydrogen-bond acceptors (Lipinski definition) is 6. The molecular formula is C19H20N2O6S. The highest BCUT2D eigenvalue weighted by Crippen LogP contribution is 2.27. The highest BCUT2D eigenvalue weighted by Gasteiger charge is 2.40. The summed E-state index contributed by atoms with van der Waals surface area (Å²) >= 11 is 0. The number of non-ortho nitro benzene ring substituents is 1. The normalized spacial score (nSPS) is 17.4. The number of rotatable bonds is 6. The van der Waals surface area contributed by atoms with E-state index >= 15 is 0 Å². The average molecular weight is 404 g/mol. The summed E-state index contributed by atoms with van der Waals surface area (Å²) in [5, 5.41) is 10.7. The molecule has 1 fully saturated rings. The van der Waals surface area contributed by atoms with Crippen LogP contribution in [0.25, 0.3) is 0 Å². The van der Waals surface area contributed by atoms with Crippen LogP contribution in [0.1, 0.15) is 24.0 Å². The lowest BCUT2D eigenvalue weighted by molar-refractivity contribution is -0.384. The number of carbonyl (C=O) groups is 1. The molecule has 2 aromatic rings. The van der Waals surface area contributed by atoms with Gasteiger partial charge in [-0.05, 0) is 49.6 Å². The first-order valence-corrected chi connectivity index (χ1v) is 10.2. The van der Waals surface area contributed by atoms with Gasteiger partial charge in [-0.3, -0.25) is 14.9 Å². The third-order valence-corrected chi connectivity index (χ3v) is 6.55. The average Bonchev–Trinajstić information content (AvgIpc) is 3.17. The largest absolute Gasteiger partial charge is 0.460 e. The van der Waals surface area contributed by atoms with Crippen LogP contribution in [0.15, 0.2) is 53.4 Å². The Morgan fingerprint density at radius 3 is 2.43 bits per heavy atom. The lowest BCUT2D eigenvalue weighted by atomic mass is 10.2. The summed E-state index contributed by atoms with van der Waals surface area (Å²) in [4.78, 5) is 22.8. The number of nitrogens with zero attached hydrogens (tertiary/aromatic N) is 2. The highest BCUT2D eigenvalue weighted by molar-refractivity contribution is 7.89. The number of nitro benzene ring substituents is 1. The molecule has 1 heterocycles. The topological polar surface area (TPSA) is 107 Å². The van der Waals surface area contributed by atoms with Crippen molar-refractivity contribution < 1.29 is 22.9 Å². The van der Waals surface area contributed by atoms with Crippen molar-refractivity contribution in [2.24, 2.45) is 0 Å². The molecule has 1 atom stereocenters. The predicted molar refractivity (Wildman–Crippen MR) is 101 cm³/mol. The summed E-state index contributed by atoms with van der Waals surface area (Å²) in [7, 11) is -3.79. The number of esters is 1. The van der Waals surface area contributed by atoms with Crippen molar-refractivity contribution >= 4 is 21.7 Å². The minimum absolute atomic E-state index is 0.0544. The van der Waals surface area contributed by atoms with Gasteiger partial charge < -0.3 is 4.74 Å². The Bertz CT molecular complexity index is 970. The molecule has 0 aliphatic carbocycles. The summed E-state index contributed by atoms with van der Waals surface area (Å²) < 4.78 is 32.2. The SMILES string of the molecule is Cc1ccc(S(=O)(=O)N2CCC[C@H]2C(=O)OCc2ccc([N+](=O)[O-])cc2)cc1. The van der Waals surface area contributed by atoms with Crippen LogP contribution in [0.5, 0.6) is 0 Å². The third kappa shape index (κ3) is 4.20. The lowest BCUT2D eigenvalue weighted by Gasteiger charge is -2.22. The zero-order valence-corrected chi connectivity index (χ0v) is 16.1. The Morgan fingerprint density at radius 1 is 1.18 bits per heavy atom. The molecule has 0 radical (unpaired) electrons. The molecule has 0 bridgehead atoms. The van der Waals surface area contributed by atoms with Crippen molar-refractivity contribution in [2.75, 3.05) is 6.54 Å². The first-order valence-electron chi connectivity index (χ1n) is 8.77. The Labute approximate surface area is 162 Å². The molecule has 8 nitrogen and oxygen atoms in total. The van der Waals surface area contributed by atoms with E-state index in [1.807, 2.05) is 6.92 Å². The van der Waals surface area contributed by atoms with Crippen molar-refractivity contribution in [3.8, 4) is 0 Å². The second kappa shape index (κ2) is 8.07. The molecule has 3 rings (SSSR count). The van der Waals surface area contributed by atoms with E-state index in [4.69, 9.17) is 4.74 Å². The predicted octanol–water partition coefficient (Wildman–Crippen LogP) is 2.80. The summed E-state index contributed by atoms with van der Waals surface area (Å²) in [6.45, 7) is 2.05. The van der Waals surface area contributed by atoms with Crippen LogP contribution in [0, 0.1) is 17.0 Å². The number of sulfonamides is 1. The van der Waals surface area contributed by atoms with E-state index in [1.54, 1.807) is 12.1 Å². The van der Waals surface area contributed by atoms with E-state index in [0.29, 0.717) is 18.4 Å². The van der Waals surface area contributed by atoms with Gasteiger partial charge in [-0.15, -0.1) is 0 Å². The van der Waals surface area contributed by atoms with Gasteiger partial charge in [-0.1, -0.05) is 17.7 Å². The smallest absolute Gasteiger partial charge is 0.324 e. The van der Waals surface area contributed by atoms with Crippen LogP contribution < -0.4 is 0 Å². The van der Waals surface area contributed by atoms with Crippen molar-refractivity contribution in [1.82, 2.24) is 4.31 Å². The van der Waals surface area contributed by atoms with Crippen LogP contribution in [0.2, 0.25) is 0 Å². The molecular weight excluding hydrogens is 384 g/mol. The molecule has 0 spiro atoms. The first kappa shape index (κ1) is 20.0. The maximum Gasteiger partial charge on any atom is 0.324 e. The van der Waals surface area contributed by atoms with Gasteiger partial charge in [0.15, 0.2) is 0 Å². The quantitative estimate of drug-likeness (QED) is 0.416. The first-order chi connectivity index (χ1) is 13.3. The summed E-state index contributed by atoms with van der Waals surface area (Å²) in [6, 6.07) is 11.3. The number of benzene rings is 2. The van der Waals surface area contributed by atoms with Gasteiger partial charge in [-0.25, -0.2) is 8.42 Å².